The predicted octanol–water partition coefficient (Wildman–Crippen LogP) is 0.988. The minimum atomic E-state index is 0.165. The van der Waals surface area contributed by atoms with E-state index in [4.69, 9.17) is 0 Å². The molecule has 0 aliphatic carbocycles. The SMILES string of the molecule is CCNC(CN1CCN(C)C1=O)C(C)C. The highest BCUT2D eigenvalue weighted by atomic mass is 16.2. The third-order valence-corrected chi connectivity index (χ3v) is 2.99. The van der Waals surface area contributed by atoms with E-state index in [1.807, 2.05) is 11.9 Å². The molecule has 1 N–H and O–H groups in total. The number of nitrogens with one attached hydrogen (secondary N) is 1. The van der Waals surface area contributed by atoms with E-state index in [0.29, 0.717) is 12.0 Å². The number of carbonyl (C=O) groups excluding carboxylic acids is 1. The molecule has 88 valence electrons. The lowest BCUT2D eigenvalue weighted by Gasteiger charge is -2.27. The van der Waals surface area contributed by atoms with E-state index in [1.165, 1.54) is 0 Å². The van der Waals surface area contributed by atoms with Crippen LogP contribution in [0.1, 0.15) is 20.8 Å². The normalized spacial score (nSPS) is 19.1. The summed E-state index contributed by atoms with van der Waals surface area (Å²) in [6.07, 6.45) is 0. The lowest BCUT2D eigenvalue weighted by molar-refractivity contribution is 0.189. The van der Waals surface area contributed by atoms with Gasteiger partial charge in [-0.2, -0.15) is 0 Å². The third kappa shape index (κ3) is 3.09. The van der Waals surface area contributed by atoms with Crippen LogP contribution in [0.5, 0.6) is 0 Å². The van der Waals surface area contributed by atoms with Crippen LogP contribution in [-0.4, -0.2) is 55.1 Å². The molecule has 15 heavy (non-hydrogen) atoms. The van der Waals surface area contributed by atoms with Crippen LogP contribution in [0.2, 0.25) is 0 Å². The van der Waals surface area contributed by atoms with Crippen LogP contribution in [0.15, 0.2) is 0 Å². The van der Waals surface area contributed by atoms with Gasteiger partial charge >= 0.3 is 6.03 Å². The Labute approximate surface area is 92.6 Å². The summed E-state index contributed by atoms with van der Waals surface area (Å²) in [5.74, 6) is 0.559. The molecular weight excluding hydrogens is 190 g/mol. The molecule has 0 spiro atoms. The van der Waals surface area contributed by atoms with Crippen molar-refractivity contribution in [2.75, 3.05) is 33.2 Å². The Balaban J connectivity index is 2.48. The second-order valence-corrected chi connectivity index (χ2v) is 4.56. The van der Waals surface area contributed by atoms with Gasteiger partial charge in [-0.1, -0.05) is 20.8 Å². The first-order chi connectivity index (χ1) is 7.06. The number of likely N-dealkylation sites (N-methyl/N-ethyl adjacent to an activating group) is 2. The second kappa shape index (κ2) is 5.35. The first-order valence-corrected chi connectivity index (χ1v) is 5.79. The van der Waals surface area contributed by atoms with Gasteiger partial charge in [0.15, 0.2) is 0 Å². The minimum absolute atomic E-state index is 0.165. The largest absolute Gasteiger partial charge is 0.326 e. The number of rotatable bonds is 5. The highest BCUT2D eigenvalue weighted by molar-refractivity contribution is 5.76. The van der Waals surface area contributed by atoms with Crippen molar-refractivity contribution in [3.63, 3.8) is 0 Å². The van der Waals surface area contributed by atoms with Gasteiger partial charge in [-0.05, 0) is 12.5 Å². The molecule has 0 aromatic carbocycles. The van der Waals surface area contributed by atoms with E-state index in [-0.39, 0.29) is 6.03 Å². The fraction of sp³-hybridized carbons (Fsp3) is 0.909. The van der Waals surface area contributed by atoms with Crippen LogP contribution in [0.4, 0.5) is 4.79 Å². The van der Waals surface area contributed by atoms with Crippen molar-refractivity contribution in [3.05, 3.63) is 0 Å². The molecule has 2 amide bonds. The van der Waals surface area contributed by atoms with E-state index in [0.717, 1.165) is 26.2 Å². The topological polar surface area (TPSA) is 35.6 Å². The summed E-state index contributed by atoms with van der Waals surface area (Å²) in [6.45, 7) is 10.00. The Hall–Kier alpha value is -0.770. The zero-order chi connectivity index (χ0) is 11.4. The molecule has 4 heteroatoms. The molecule has 1 atom stereocenters. The number of amides is 2. The number of hydrogen-bond acceptors (Lipinski definition) is 2. The Kier molecular flexibility index (Phi) is 4.39. The van der Waals surface area contributed by atoms with Gasteiger partial charge in [0.05, 0.1) is 0 Å². The maximum absolute atomic E-state index is 11.7. The lowest BCUT2D eigenvalue weighted by atomic mass is 10.0. The van der Waals surface area contributed by atoms with E-state index in [1.54, 1.807) is 4.90 Å². The van der Waals surface area contributed by atoms with Crippen molar-refractivity contribution in [1.29, 1.82) is 0 Å². The summed E-state index contributed by atoms with van der Waals surface area (Å²) >= 11 is 0. The van der Waals surface area contributed by atoms with Gasteiger partial charge in [0, 0.05) is 32.7 Å². The predicted molar refractivity (Wildman–Crippen MR) is 61.9 cm³/mol. The highest BCUT2D eigenvalue weighted by Gasteiger charge is 2.27. The number of carbonyl (C=O) groups is 1. The molecule has 1 saturated heterocycles. The molecular formula is C11H23N3O. The molecule has 1 heterocycles. The molecule has 0 saturated carbocycles. The van der Waals surface area contributed by atoms with E-state index < -0.39 is 0 Å². The van der Waals surface area contributed by atoms with Gasteiger partial charge in [-0.3, -0.25) is 0 Å². The van der Waals surface area contributed by atoms with Crippen molar-refractivity contribution < 1.29 is 4.79 Å². The average Bonchev–Trinajstić information content (AvgIpc) is 2.48. The summed E-state index contributed by atoms with van der Waals surface area (Å²) in [4.78, 5) is 15.4. The Morgan fingerprint density at radius 2 is 2.07 bits per heavy atom. The summed E-state index contributed by atoms with van der Waals surface area (Å²) in [5, 5.41) is 3.43. The van der Waals surface area contributed by atoms with Crippen LogP contribution in [-0.2, 0) is 0 Å². The third-order valence-electron chi connectivity index (χ3n) is 2.99. The van der Waals surface area contributed by atoms with Crippen molar-refractivity contribution in [2.24, 2.45) is 5.92 Å². The highest BCUT2D eigenvalue weighted by Crippen LogP contribution is 2.10. The van der Waals surface area contributed by atoms with Gasteiger partial charge in [0.2, 0.25) is 0 Å². The first kappa shape index (κ1) is 12.3. The molecule has 4 nitrogen and oxygen atoms in total. The van der Waals surface area contributed by atoms with Crippen molar-refractivity contribution in [3.8, 4) is 0 Å². The van der Waals surface area contributed by atoms with Crippen LogP contribution >= 0.6 is 0 Å². The van der Waals surface area contributed by atoms with Crippen LogP contribution < -0.4 is 5.32 Å². The fourth-order valence-electron chi connectivity index (χ4n) is 1.88. The molecule has 0 aromatic rings. The summed E-state index contributed by atoms with van der Waals surface area (Å²) in [7, 11) is 1.86. The quantitative estimate of drug-likeness (QED) is 0.739. The second-order valence-electron chi connectivity index (χ2n) is 4.56. The monoisotopic (exact) mass is 213 g/mol. The summed E-state index contributed by atoms with van der Waals surface area (Å²) in [6, 6.07) is 0.573. The maximum Gasteiger partial charge on any atom is 0.319 e. The number of urea groups is 1. The van der Waals surface area contributed by atoms with Crippen molar-refractivity contribution in [1.82, 2.24) is 15.1 Å². The molecule has 0 radical (unpaired) electrons. The minimum Gasteiger partial charge on any atom is -0.326 e. The molecule has 1 unspecified atom stereocenters. The molecule has 0 aromatic heterocycles. The maximum atomic E-state index is 11.7. The average molecular weight is 213 g/mol. The van der Waals surface area contributed by atoms with Crippen LogP contribution in [0.25, 0.3) is 0 Å². The number of nitrogens with zero attached hydrogens (tertiary/aromatic N) is 2. The van der Waals surface area contributed by atoms with E-state index >= 15 is 0 Å². The fourth-order valence-corrected chi connectivity index (χ4v) is 1.88. The van der Waals surface area contributed by atoms with Crippen molar-refractivity contribution >= 4 is 6.03 Å². The Morgan fingerprint density at radius 3 is 2.47 bits per heavy atom. The molecule has 1 aliphatic heterocycles. The van der Waals surface area contributed by atoms with Gasteiger partial charge in [-0.25, -0.2) is 4.79 Å². The van der Waals surface area contributed by atoms with Gasteiger partial charge in [0.1, 0.15) is 0 Å². The Morgan fingerprint density at radius 1 is 1.40 bits per heavy atom. The van der Waals surface area contributed by atoms with Crippen LogP contribution in [0.3, 0.4) is 0 Å². The van der Waals surface area contributed by atoms with Gasteiger partial charge in [-0.15, -0.1) is 0 Å². The first-order valence-electron chi connectivity index (χ1n) is 5.79. The Bertz CT molecular complexity index is 218. The molecule has 1 rings (SSSR count). The van der Waals surface area contributed by atoms with E-state index in [9.17, 15) is 4.79 Å². The smallest absolute Gasteiger partial charge is 0.319 e. The zero-order valence-corrected chi connectivity index (χ0v) is 10.3. The zero-order valence-electron chi connectivity index (χ0n) is 10.3. The molecule has 0 bridgehead atoms. The van der Waals surface area contributed by atoms with E-state index in [2.05, 4.69) is 26.1 Å². The standard InChI is InChI=1S/C11H23N3O/c1-5-12-10(9(2)3)8-14-7-6-13(4)11(14)15/h9-10,12H,5-8H2,1-4H3. The molecule has 1 aliphatic rings. The van der Waals surface area contributed by atoms with Crippen molar-refractivity contribution in [2.45, 2.75) is 26.8 Å². The van der Waals surface area contributed by atoms with Gasteiger partial charge in [0.25, 0.3) is 0 Å². The summed E-state index contributed by atoms with van der Waals surface area (Å²) < 4.78 is 0. The summed E-state index contributed by atoms with van der Waals surface area (Å²) in [5.41, 5.74) is 0. The van der Waals surface area contributed by atoms with Crippen LogP contribution in [0, 0.1) is 5.92 Å². The lowest BCUT2D eigenvalue weighted by Crippen LogP contribution is -2.45. The number of hydrogen-bond donors (Lipinski definition) is 1. The van der Waals surface area contributed by atoms with Gasteiger partial charge < -0.3 is 15.1 Å². The molecule has 1 fully saturated rings.